The second-order valence-corrected chi connectivity index (χ2v) is 6.67. The first-order chi connectivity index (χ1) is 14.2. The van der Waals surface area contributed by atoms with Crippen molar-refractivity contribution in [2.24, 2.45) is 12.0 Å². The van der Waals surface area contributed by atoms with E-state index in [1.54, 1.807) is 0 Å². The molecule has 7 nitrogen and oxygen atoms in total. The van der Waals surface area contributed by atoms with Gasteiger partial charge in [0.25, 0.3) is 0 Å². The summed E-state index contributed by atoms with van der Waals surface area (Å²) < 4.78 is 7.71. The smallest absolute Gasteiger partial charge is 0.191 e. The van der Waals surface area contributed by atoms with Gasteiger partial charge in [-0.15, -0.1) is 34.2 Å². The molecule has 0 radical (unpaired) electrons. The first kappa shape index (κ1) is 23.7. The lowest BCUT2D eigenvalue weighted by atomic mass is 10.2. The number of benzene rings is 2. The molecule has 0 aliphatic rings. The van der Waals surface area contributed by atoms with Gasteiger partial charge in [-0.05, 0) is 31.0 Å². The van der Waals surface area contributed by atoms with Gasteiger partial charge in [-0.2, -0.15) is 0 Å². The Kier molecular flexibility index (Phi) is 10.1. The van der Waals surface area contributed by atoms with Gasteiger partial charge in [0.2, 0.25) is 0 Å². The Morgan fingerprint density at radius 3 is 2.37 bits per heavy atom. The van der Waals surface area contributed by atoms with Gasteiger partial charge in [0.1, 0.15) is 11.6 Å². The number of hydrogen-bond donors (Lipinski definition) is 2. The van der Waals surface area contributed by atoms with E-state index >= 15 is 0 Å². The van der Waals surface area contributed by atoms with Gasteiger partial charge < -0.3 is 19.9 Å². The summed E-state index contributed by atoms with van der Waals surface area (Å²) in [4.78, 5) is 4.70. The highest BCUT2D eigenvalue weighted by Gasteiger charge is 2.06. The molecular weight excluding hydrogens is 491 g/mol. The number of hydrogen-bond acceptors (Lipinski definition) is 4. The number of nitrogens with zero attached hydrogens (tertiary/aromatic N) is 4. The minimum atomic E-state index is 0. The van der Waals surface area contributed by atoms with E-state index in [0.29, 0.717) is 19.7 Å². The molecule has 3 aromatic rings. The fourth-order valence-electron chi connectivity index (χ4n) is 2.68. The summed E-state index contributed by atoms with van der Waals surface area (Å²) in [6, 6.07) is 20.0. The van der Waals surface area contributed by atoms with Crippen LogP contribution in [-0.4, -0.2) is 33.9 Å². The van der Waals surface area contributed by atoms with Gasteiger partial charge in [-0.25, -0.2) is 4.99 Å². The first-order valence-corrected chi connectivity index (χ1v) is 9.81. The van der Waals surface area contributed by atoms with Crippen LogP contribution in [0.5, 0.6) is 5.75 Å². The quantitative estimate of drug-likeness (QED) is 0.196. The third kappa shape index (κ3) is 7.66. The summed E-state index contributed by atoms with van der Waals surface area (Å²) in [5, 5.41) is 15.0. The average Bonchev–Trinajstić information content (AvgIpc) is 3.08. The molecule has 160 valence electrons. The van der Waals surface area contributed by atoms with E-state index in [9.17, 15) is 0 Å². The number of aryl methyl sites for hydroxylation is 1. The van der Waals surface area contributed by atoms with E-state index in [0.717, 1.165) is 41.9 Å². The predicted molar refractivity (Wildman–Crippen MR) is 130 cm³/mol. The highest BCUT2D eigenvalue weighted by molar-refractivity contribution is 14.0. The van der Waals surface area contributed by atoms with Gasteiger partial charge in [0.05, 0.1) is 19.7 Å². The minimum Gasteiger partial charge on any atom is -0.494 e. The molecule has 0 unspecified atom stereocenters. The summed E-state index contributed by atoms with van der Waals surface area (Å²) in [7, 11) is 1.96. The zero-order valence-electron chi connectivity index (χ0n) is 17.4. The first-order valence-electron chi connectivity index (χ1n) is 9.81. The molecule has 3 rings (SSSR count). The van der Waals surface area contributed by atoms with Crippen molar-refractivity contribution >= 4 is 29.9 Å². The summed E-state index contributed by atoms with van der Waals surface area (Å²) >= 11 is 0. The van der Waals surface area contributed by atoms with Gasteiger partial charge in [-0.3, -0.25) is 0 Å². The predicted octanol–water partition coefficient (Wildman–Crippen LogP) is 3.45. The van der Waals surface area contributed by atoms with Crippen molar-refractivity contribution in [2.75, 3.05) is 13.2 Å². The Morgan fingerprint density at radius 2 is 1.70 bits per heavy atom. The van der Waals surface area contributed by atoms with Crippen LogP contribution in [0.25, 0.3) is 0 Å². The molecule has 1 heterocycles. The van der Waals surface area contributed by atoms with Crippen molar-refractivity contribution in [3.63, 3.8) is 0 Å². The molecule has 1 aromatic heterocycles. The highest BCUT2D eigenvalue weighted by Crippen LogP contribution is 2.08. The molecule has 0 fully saturated rings. The van der Waals surface area contributed by atoms with Gasteiger partial charge in [0, 0.05) is 13.6 Å². The van der Waals surface area contributed by atoms with Crippen molar-refractivity contribution in [2.45, 2.75) is 26.4 Å². The fraction of sp³-hybridized carbons (Fsp3) is 0.318. The second-order valence-electron chi connectivity index (χ2n) is 6.67. The Labute approximate surface area is 195 Å². The van der Waals surface area contributed by atoms with Gasteiger partial charge >= 0.3 is 0 Å². The number of para-hydroxylation sites is 1. The molecule has 8 heteroatoms. The van der Waals surface area contributed by atoms with Crippen LogP contribution in [0.2, 0.25) is 0 Å². The standard InChI is InChI=1S/C22H28N6O.HI/c1-18-26-27-21(28(18)2)17-25-22(24-16-19-10-5-3-6-11-19)23-14-9-15-29-20-12-7-4-8-13-20;/h3-8,10-13H,9,14-17H2,1-2H3,(H2,23,24,25);1H. The lowest BCUT2D eigenvalue weighted by Crippen LogP contribution is -2.38. The molecule has 0 atom stereocenters. The van der Waals surface area contributed by atoms with Gasteiger partial charge in [-0.1, -0.05) is 48.5 Å². The zero-order chi connectivity index (χ0) is 20.3. The molecule has 0 aliphatic carbocycles. The maximum atomic E-state index is 5.74. The van der Waals surface area contributed by atoms with E-state index in [1.807, 2.05) is 67.1 Å². The lowest BCUT2D eigenvalue weighted by Gasteiger charge is -2.13. The summed E-state index contributed by atoms with van der Waals surface area (Å²) in [6.45, 7) is 4.50. The van der Waals surface area contributed by atoms with E-state index in [4.69, 9.17) is 9.73 Å². The van der Waals surface area contributed by atoms with E-state index in [-0.39, 0.29) is 24.0 Å². The van der Waals surface area contributed by atoms with Crippen molar-refractivity contribution < 1.29 is 4.74 Å². The van der Waals surface area contributed by atoms with Crippen LogP contribution >= 0.6 is 24.0 Å². The third-order valence-corrected chi connectivity index (χ3v) is 4.48. The van der Waals surface area contributed by atoms with Crippen LogP contribution in [0.1, 0.15) is 23.6 Å². The largest absolute Gasteiger partial charge is 0.494 e. The van der Waals surface area contributed by atoms with Crippen molar-refractivity contribution in [1.29, 1.82) is 0 Å². The molecule has 0 saturated heterocycles. The van der Waals surface area contributed by atoms with E-state index in [1.165, 1.54) is 0 Å². The molecule has 0 amide bonds. The molecule has 2 N–H and O–H groups in total. The van der Waals surface area contributed by atoms with Crippen LogP contribution in [-0.2, 0) is 20.1 Å². The molecular formula is C22H29IN6O. The molecule has 0 spiro atoms. The number of ether oxygens (including phenoxy) is 1. The minimum absolute atomic E-state index is 0. The Hall–Kier alpha value is -2.62. The monoisotopic (exact) mass is 520 g/mol. The number of aliphatic imine (C=N–C) groups is 1. The second kappa shape index (κ2) is 12.8. The average molecular weight is 520 g/mol. The van der Waals surface area contributed by atoms with Crippen LogP contribution in [0, 0.1) is 6.92 Å². The zero-order valence-corrected chi connectivity index (χ0v) is 19.7. The molecule has 30 heavy (non-hydrogen) atoms. The van der Waals surface area contributed by atoms with E-state index < -0.39 is 0 Å². The van der Waals surface area contributed by atoms with Crippen LogP contribution in [0.3, 0.4) is 0 Å². The number of guanidine groups is 1. The fourth-order valence-corrected chi connectivity index (χ4v) is 2.68. The summed E-state index contributed by atoms with van der Waals surface area (Å²) in [6.07, 6.45) is 0.865. The maximum absolute atomic E-state index is 5.74. The third-order valence-electron chi connectivity index (χ3n) is 4.48. The summed E-state index contributed by atoms with van der Waals surface area (Å²) in [5.74, 6) is 3.38. The lowest BCUT2D eigenvalue weighted by molar-refractivity contribution is 0.311. The molecule has 0 bridgehead atoms. The maximum Gasteiger partial charge on any atom is 0.191 e. The highest BCUT2D eigenvalue weighted by atomic mass is 127. The van der Waals surface area contributed by atoms with Crippen LogP contribution in [0.15, 0.2) is 65.7 Å². The summed E-state index contributed by atoms with van der Waals surface area (Å²) in [5.41, 5.74) is 1.16. The number of halogens is 1. The SMILES string of the molecule is Cc1nnc(CNC(=NCc2ccccc2)NCCCOc2ccccc2)n1C.I. The van der Waals surface area contributed by atoms with Crippen molar-refractivity contribution in [3.05, 3.63) is 77.9 Å². The molecule has 0 aliphatic heterocycles. The molecule has 0 saturated carbocycles. The van der Waals surface area contributed by atoms with Crippen molar-refractivity contribution in [3.8, 4) is 5.75 Å². The van der Waals surface area contributed by atoms with Crippen molar-refractivity contribution in [1.82, 2.24) is 25.4 Å². The normalized spacial score (nSPS) is 10.9. The Bertz CT molecular complexity index is 899. The topological polar surface area (TPSA) is 76.4 Å². The number of nitrogens with one attached hydrogen (secondary N) is 2. The number of rotatable bonds is 9. The Morgan fingerprint density at radius 1 is 1.00 bits per heavy atom. The molecule has 2 aromatic carbocycles. The Balaban J connectivity index is 0.00000320. The number of aromatic nitrogens is 3. The van der Waals surface area contributed by atoms with Crippen LogP contribution in [0.4, 0.5) is 0 Å². The van der Waals surface area contributed by atoms with Gasteiger partial charge in [0.15, 0.2) is 11.8 Å². The van der Waals surface area contributed by atoms with E-state index in [2.05, 4.69) is 33.0 Å². The van der Waals surface area contributed by atoms with Crippen LogP contribution < -0.4 is 15.4 Å².